The number of esters is 1. The van der Waals surface area contributed by atoms with Gasteiger partial charge in [-0.25, -0.2) is 9.78 Å². The van der Waals surface area contributed by atoms with Crippen molar-refractivity contribution in [2.24, 2.45) is 0 Å². The summed E-state index contributed by atoms with van der Waals surface area (Å²) in [5, 5.41) is 9.11. The third-order valence-corrected chi connectivity index (χ3v) is 4.44. The Kier molecular flexibility index (Phi) is 8.11. The molecule has 0 saturated heterocycles. The zero-order valence-corrected chi connectivity index (χ0v) is 15.8. The van der Waals surface area contributed by atoms with Gasteiger partial charge in [0.1, 0.15) is 17.5 Å². The quantitative estimate of drug-likeness (QED) is 0.321. The van der Waals surface area contributed by atoms with Crippen molar-refractivity contribution in [3.8, 4) is 11.8 Å². The second kappa shape index (κ2) is 10.6. The Morgan fingerprint density at radius 3 is 2.58 bits per heavy atom. The lowest BCUT2D eigenvalue weighted by molar-refractivity contribution is 0.0728. The average Bonchev–Trinajstić information content (AvgIpc) is 2.65. The maximum absolute atomic E-state index is 12.2. The first-order valence-electron chi connectivity index (χ1n) is 9.00. The van der Waals surface area contributed by atoms with Crippen LogP contribution in [0.15, 0.2) is 36.5 Å². The first-order valence-corrected chi connectivity index (χ1v) is 9.38. The number of ether oxygens (including phenoxy) is 1. The van der Waals surface area contributed by atoms with Crippen LogP contribution in [0.3, 0.4) is 0 Å². The Bertz CT molecular complexity index is 767. The molecule has 0 aliphatic carbocycles. The van der Waals surface area contributed by atoms with Gasteiger partial charge >= 0.3 is 5.97 Å². The van der Waals surface area contributed by atoms with E-state index in [1.807, 2.05) is 12.1 Å². The highest BCUT2D eigenvalue weighted by molar-refractivity contribution is 6.31. The highest BCUT2D eigenvalue weighted by Crippen LogP contribution is 2.22. The third-order valence-electron chi connectivity index (χ3n) is 4.12. The minimum Gasteiger partial charge on any atom is -0.422 e. The second-order valence-corrected chi connectivity index (χ2v) is 6.62. The predicted octanol–water partition coefficient (Wildman–Crippen LogP) is 5.73. The minimum atomic E-state index is -0.545. The van der Waals surface area contributed by atoms with Crippen LogP contribution in [-0.2, 0) is 6.42 Å². The standard InChI is InChI=1S/C21H23ClN2O2/c1-2-3-4-5-6-7-8-16-9-12-20(24-15-16)21(25)26-18-11-10-17(14-23)19(22)13-18/h9-13,15H,2-8H2,1H3. The molecule has 0 unspecified atom stereocenters. The van der Waals surface area contributed by atoms with Gasteiger partial charge in [-0.15, -0.1) is 0 Å². The molecule has 0 bridgehead atoms. The predicted molar refractivity (Wildman–Crippen MR) is 102 cm³/mol. The normalized spacial score (nSPS) is 10.3. The Morgan fingerprint density at radius 1 is 1.15 bits per heavy atom. The number of hydrogen-bond acceptors (Lipinski definition) is 4. The van der Waals surface area contributed by atoms with E-state index in [2.05, 4.69) is 11.9 Å². The molecule has 0 fully saturated rings. The number of unbranched alkanes of at least 4 members (excludes halogenated alkanes) is 5. The van der Waals surface area contributed by atoms with Crippen LogP contribution in [-0.4, -0.2) is 11.0 Å². The molecular weight excluding hydrogens is 348 g/mol. The third kappa shape index (κ3) is 6.16. The van der Waals surface area contributed by atoms with Crippen LogP contribution in [0.5, 0.6) is 5.75 Å². The van der Waals surface area contributed by atoms with E-state index in [9.17, 15) is 4.79 Å². The largest absolute Gasteiger partial charge is 0.422 e. The van der Waals surface area contributed by atoms with Gasteiger partial charge in [-0.1, -0.05) is 56.7 Å². The van der Waals surface area contributed by atoms with Crippen LogP contribution in [0.4, 0.5) is 0 Å². The average molecular weight is 371 g/mol. The monoisotopic (exact) mass is 370 g/mol. The number of pyridine rings is 1. The van der Waals surface area contributed by atoms with E-state index in [1.165, 1.54) is 50.3 Å². The molecule has 2 rings (SSSR count). The van der Waals surface area contributed by atoms with Gasteiger partial charge in [0.15, 0.2) is 0 Å². The van der Waals surface area contributed by atoms with E-state index < -0.39 is 5.97 Å². The van der Waals surface area contributed by atoms with Gasteiger partial charge in [-0.05, 0) is 36.6 Å². The van der Waals surface area contributed by atoms with Crippen molar-refractivity contribution in [3.05, 3.63) is 58.4 Å². The van der Waals surface area contributed by atoms with Crippen molar-refractivity contribution in [1.82, 2.24) is 4.98 Å². The molecule has 1 aromatic heterocycles. The number of aryl methyl sites for hydroxylation is 1. The Morgan fingerprint density at radius 2 is 1.92 bits per heavy atom. The zero-order valence-electron chi connectivity index (χ0n) is 15.0. The van der Waals surface area contributed by atoms with Gasteiger partial charge in [0.25, 0.3) is 0 Å². The summed E-state index contributed by atoms with van der Waals surface area (Å²) >= 11 is 5.94. The van der Waals surface area contributed by atoms with Gasteiger partial charge < -0.3 is 4.74 Å². The van der Waals surface area contributed by atoms with E-state index in [1.54, 1.807) is 12.3 Å². The summed E-state index contributed by atoms with van der Waals surface area (Å²) in [5.41, 5.74) is 1.71. The van der Waals surface area contributed by atoms with E-state index >= 15 is 0 Å². The Balaban J connectivity index is 1.84. The number of carbonyl (C=O) groups excluding carboxylic acids is 1. The fourth-order valence-corrected chi connectivity index (χ4v) is 2.82. The smallest absolute Gasteiger partial charge is 0.362 e. The molecular formula is C21H23ClN2O2. The van der Waals surface area contributed by atoms with Crippen LogP contribution in [0.25, 0.3) is 0 Å². The van der Waals surface area contributed by atoms with Crippen molar-refractivity contribution >= 4 is 17.6 Å². The molecule has 0 aliphatic heterocycles. The molecule has 0 aliphatic rings. The zero-order chi connectivity index (χ0) is 18.8. The highest BCUT2D eigenvalue weighted by Gasteiger charge is 2.11. The fraction of sp³-hybridized carbons (Fsp3) is 0.381. The van der Waals surface area contributed by atoms with Crippen LogP contribution in [0.2, 0.25) is 5.02 Å². The summed E-state index contributed by atoms with van der Waals surface area (Å²) in [6.07, 6.45) is 10.2. The molecule has 1 heterocycles. The molecule has 136 valence electrons. The van der Waals surface area contributed by atoms with Gasteiger partial charge in [0.2, 0.25) is 0 Å². The molecule has 0 amide bonds. The van der Waals surface area contributed by atoms with Crippen LogP contribution in [0.1, 0.15) is 67.1 Å². The summed E-state index contributed by atoms with van der Waals surface area (Å²) < 4.78 is 5.26. The molecule has 4 nitrogen and oxygen atoms in total. The van der Waals surface area contributed by atoms with Crippen molar-refractivity contribution in [1.29, 1.82) is 5.26 Å². The Hall–Kier alpha value is -2.38. The van der Waals surface area contributed by atoms with E-state index in [0.29, 0.717) is 5.56 Å². The van der Waals surface area contributed by atoms with Crippen LogP contribution in [0, 0.1) is 11.3 Å². The summed E-state index contributed by atoms with van der Waals surface area (Å²) in [5.74, 6) is -0.256. The van der Waals surface area contributed by atoms with Gasteiger partial charge in [-0.3, -0.25) is 0 Å². The topological polar surface area (TPSA) is 63.0 Å². The number of nitrogens with zero attached hydrogens (tertiary/aromatic N) is 2. The number of benzene rings is 1. The maximum atomic E-state index is 12.2. The molecule has 2 aromatic rings. The molecule has 1 aromatic carbocycles. The number of aromatic nitrogens is 1. The lowest BCUT2D eigenvalue weighted by Crippen LogP contribution is -2.10. The molecule has 0 N–H and O–H groups in total. The Labute approximate surface area is 159 Å². The summed E-state index contributed by atoms with van der Waals surface area (Å²) in [6.45, 7) is 2.22. The highest BCUT2D eigenvalue weighted by atomic mass is 35.5. The fourth-order valence-electron chi connectivity index (χ4n) is 2.61. The molecule has 0 atom stereocenters. The number of hydrogen-bond donors (Lipinski definition) is 0. The first-order chi connectivity index (χ1) is 12.6. The first kappa shape index (κ1) is 19.9. The second-order valence-electron chi connectivity index (χ2n) is 6.21. The van der Waals surface area contributed by atoms with E-state index in [-0.39, 0.29) is 16.5 Å². The molecule has 5 heteroatoms. The van der Waals surface area contributed by atoms with Gasteiger partial charge in [0, 0.05) is 12.3 Å². The molecule has 0 spiro atoms. The van der Waals surface area contributed by atoms with E-state index in [4.69, 9.17) is 21.6 Å². The summed E-state index contributed by atoms with van der Waals surface area (Å²) in [6, 6.07) is 10.1. The van der Waals surface area contributed by atoms with E-state index in [0.717, 1.165) is 18.4 Å². The van der Waals surface area contributed by atoms with Crippen molar-refractivity contribution < 1.29 is 9.53 Å². The number of rotatable bonds is 9. The van der Waals surface area contributed by atoms with Crippen LogP contribution < -0.4 is 4.74 Å². The van der Waals surface area contributed by atoms with Gasteiger partial charge in [-0.2, -0.15) is 5.26 Å². The summed E-state index contributed by atoms with van der Waals surface area (Å²) in [4.78, 5) is 16.4. The number of halogens is 1. The van der Waals surface area contributed by atoms with Gasteiger partial charge in [0.05, 0.1) is 10.6 Å². The number of carbonyl (C=O) groups is 1. The minimum absolute atomic E-state index is 0.247. The SMILES string of the molecule is CCCCCCCCc1ccc(C(=O)Oc2ccc(C#N)c(Cl)c2)nc1. The molecule has 0 saturated carbocycles. The van der Waals surface area contributed by atoms with Crippen LogP contribution >= 0.6 is 11.6 Å². The van der Waals surface area contributed by atoms with Crippen molar-refractivity contribution in [3.63, 3.8) is 0 Å². The van der Waals surface area contributed by atoms with Crippen molar-refractivity contribution in [2.45, 2.75) is 51.9 Å². The molecule has 26 heavy (non-hydrogen) atoms. The number of nitriles is 1. The van der Waals surface area contributed by atoms with Crippen molar-refractivity contribution in [2.75, 3.05) is 0 Å². The molecule has 0 radical (unpaired) electrons. The lowest BCUT2D eigenvalue weighted by Gasteiger charge is -2.06. The maximum Gasteiger partial charge on any atom is 0.362 e. The summed E-state index contributed by atoms with van der Waals surface area (Å²) in [7, 11) is 0. The lowest BCUT2D eigenvalue weighted by atomic mass is 10.1.